The number of fused-ring (bicyclic) bond motifs is 1. The van der Waals surface area contributed by atoms with Gasteiger partial charge in [0.15, 0.2) is 0 Å². The standard InChI is InChI=1S/C16H22N2/c1-10-6-12(3)15-13(7-10)11(2)8-14(18-15)16(4,5)9-17/h6-8H,9,17H2,1-5H3. The van der Waals surface area contributed by atoms with Crippen molar-refractivity contribution < 1.29 is 0 Å². The van der Waals surface area contributed by atoms with E-state index in [0.29, 0.717) is 6.54 Å². The Kier molecular flexibility index (Phi) is 3.16. The van der Waals surface area contributed by atoms with E-state index in [2.05, 4.69) is 52.8 Å². The largest absolute Gasteiger partial charge is 0.330 e. The number of benzene rings is 1. The summed E-state index contributed by atoms with van der Waals surface area (Å²) in [7, 11) is 0. The molecule has 0 aliphatic heterocycles. The van der Waals surface area contributed by atoms with Gasteiger partial charge < -0.3 is 5.73 Å². The van der Waals surface area contributed by atoms with Crippen LogP contribution >= 0.6 is 0 Å². The molecule has 0 aliphatic carbocycles. The van der Waals surface area contributed by atoms with Crippen LogP contribution in [0.2, 0.25) is 0 Å². The molecule has 0 bridgehead atoms. The predicted octanol–water partition coefficient (Wildman–Crippen LogP) is 3.40. The van der Waals surface area contributed by atoms with Crippen LogP contribution in [0.3, 0.4) is 0 Å². The molecule has 0 saturated heterocycles. The first kappa shape index (κ1) is 13.0. The Morgan fingerprint density at radius 1 is 1.06 bits per heavy atom. The second-order valence-corrected chi connectivity index (χ2v) is 5.89. The third kappa shape index (κ3) is 2.13. The highest BCUT2D eigenvalue weighted by molar-refractivity contribution is 5.85. The summed E-state index contributed by atoms with van der Waals surface area (Å²) in [4.78, 5) is 4.84. The summed E-state index contributed by atoms with van der Waals surface area (Å²) in [6.07, 6.45) is 0. The molecule has 2 aromatic rings. The van der Waals surface area contributed by atoms with Gasteiger partial charge in [-0.1, -0.05) is 25.5 Å². The molecule has 0 saturated carbocycles. The molecular formula is C16H22N2. The van der Waals surface area contributed by atoms with Crippen LogP contribution in [0.15, 0.2) is 18.2 Å². The molecule has 0 spiro atoms. The summed E-state index contributed by atoms with van der Waals surface area (Å²) in [5.41, 5.74) is 11.8. The number of nitrogens with zero attached hydrogens (tertiary/aromatic N) is 1. The number of rotatable bonds is 2. The monoisotopic (exact) mass is 242 g/mol. The lowest BCUT2D eigenvalue weighted by atomic mass is 9.87. The highest BCUT2D eigenvalue weighted by Gasteiger charge is 2.21. The second kappa shape index (κ2) is 4.36. The van der Waals surface area contributed by atoms with Crippen molar-refractivity contribution in [2.75, 3.05) is 6.54 Å². The van der Waals surface area contributed by atoms with Crippen molar-refractivity contribution in [1.82, 2.24) is 4.98 Å². The zero-order chi connectivity index (χ0) is 13.5. The smallest absolute Gasteiger partial charge is 0.0737 e. The van der Waals surface area contributed by atoms with E-state index in [1.807, 2.05) is 0 Å². The Balaban J connectivity index is 2.77. The van der Waals surface area contributed by atoms with Gasteiger partial charge in [0.2, 0.25) is 0 Å². The minimum Gasteiger partial charge on any atom is -0.330 e. The van der Waals surface area contributed by atoms with Gasteiger partial charge in [-0.05, 0) is 44.0 Å². The molecule has 2 nitrogen and oxygen atoms in total. The van der Waals surface area contributed by atoms with Crippen molar-refractivity contribution in [3.05, 3.63) is 40.6 Å². The third-order valence-electron chi connectivity index (χ3n) is 3.66. The van der Waals surface area contributed by atoms with Crippen LogP contribution in [0.5, 0.6) is 0 Å². The summed E-state index contributed by atoms with van der Waals surface area (Å²) < 4.78 is 0. The summed E-state index contributed by atoms with van der Waals surface area (Å²) in [6.45, 7) is 11.3. The summed E-state index contributed by atoms with van der Waals surface area (Å²) in [5, 5.41) is 1.25. The fourth-order valence-electron chi connectivity index (χ4n) is 2.30. The molecule has 0 unspecified atom stereocenters. The lowest BCUT2D eigenvalue weighted by Crippen LogP contribution is -2.29. The van der Waals surface area contributed by atoms with Crippen molar-refractivity contribution in [2.45, 2.75) is 40.0 Å². The molecule has 0 fully saturated rings. The zero-order valence-corrected chi connectivity index (χ0v) is 12.0. The summed E-state index contributed by atoms with van der Waals surface area (Å²) in [5.74, 6) is 0. The topological polar surface area (TPSA) is 38.9 Å². The van der Waals surface area contributed by atoms with Crippen LogP contribution < -0.4 is 5.73 Å². The van der Waals surface area contributed by atoms with Crippen LogP contribution in [-0.4, -0.2) is 11.5 Å². The highest BCUT2D eigenvalue weighted by atomic mass is 14.7. The molecule has 1 heterocycles. The minimum absolute atomic E-state index is 0.0731. The van der Waals surface area contributed by atoms with E-state index in [1.54, 1.807) is 0 Å². The third-order valence-corrected chi connectivity index (χ3v) is 3.66. The zero-order valence-electron chi connectivity index (χ0n) is 12.0. The van der Waals surface area contributed by atoms with E-state index in [1.165, 1.54) is 22.1 Å². The highest BCUT2D eigenvalue weighted by Crippen LogP contribution is 2.27. The predicted molar refractivity (Wildman–Crippen MR) is 78.0 cm³/mol. The van der Waals surface area contributed by atoms with Crippen LogP contribution in [0.25, 0.3) is 10.9 Å². The molecule has 2 N–H and O–H groups in total. The van der Waals surface area contributed by atoms with Gasteiger partial charge >= 0.3 is 0 Å². The van der Waals surface area contributed by atoms with Crippen molar-refractivity contribution in [2.24, 2.45) is 5.73 Å². The maximum Gasteiger partial charge on any atom is 0.0737 e. The van der Waals surface area contributed by atoms with Crippen LogP contribution in [-0.2, 0) is 5.41 Å². The number of aromatic nitrogens is 1. The van der Waals surface area contributed by atoms with Crippen molar-refractivity contribution in [1.29, 1.82) is 0 Å². The molecule has 0 radical (unpaired) electrons. The van der Waals surface area contributed by atoms with E-state index >= 15 is 0 Å². The molecule has 96 valence electrons. The second-order valence-electron chi connectivity index (χ2n) is 5.89. The molecule has 1 aromatic heterocycles. The maximum absolute atomic E-state index is 5.85. The van der Waals surface area contributed by atoms with Crippen LogP contribution in [0, 0.1) is 20.8 Å². The van der Waals surface area contributed by atoms with Crippen LogP contribution in [0.1, 0.15) is 36.2 Å². The quantitative estimate of drug-likeness (QED) is 0.876. The van der Waals surface area contributed by atoms with Gasteiger partial charge in [0.1, 0.15) is 0 Å². The van der Waals surface area contributed by atoms with Crippen molar-refractivity contribution in [3.63, 3.8) is 0 Å². The van der Waals surface area contributed by atoms with Gasteiger partial charge in [-0.3, -0.25) is 4.98 Å². The first-order valence-corrected chi connectivity index (χ1v) is 6.44. The summed E-state index contributed by atoms with van der Waals surface area (Å²) >= 11 is 0. The Bertz CT molecular complexity index is 598. The first-order chi connectivity index (χ1) is 8.35. The van der Waals surface area contributed by atoms with Gasteiger partial charge in [0.05, 0.1) is 5.52 Å². The molecule has 2 heteroatoms. The lowest BCUT2D eigenvalue weighted by Gasteiger charge is -2.23. The number of hydrogen-bond donors (Lipinski definition) is 1. The lowest BCUT2D eigenvalue weighted by molar-refractivity contribution is 0.523. The van der Waals surface area contributed by atoms with Gasteiger partial charge in [-0.25, -0.2) is 0 Å². The van der Waals surface area contributed by atoms with Crippen LogP contribution in [0.4, 0.5) is 0 Å². The van der Waals surface area contributed by atoms with E-state index in [-0.39, 0.29) is 5.41 Å². The van der Waals surface area contributed by atoms with Gasteiger partial charge in [-0.2, -0.15) is 0 Å². The fraction of sp³-hybridized carbons (Fsp3) is 0.438. The van der Waals surface area contributed by atoms with E-state index in [0.717, 1.165) is 11.2 Å². The Labute approximate surface area is 109 Å². The Morgan fingerprint density at radius 2 is 1.72 bits per heavy atom. The van der Waals surface area contributed by atoms with Gasteiger partial charge in [0.25, 0.3) is 0 Å². The molecule has 0 atom stereocenters. The van der Waals surface area contributed by atoms with Crippen molar-refractivity contribution >= 4 is 10.9 Å². The molecule has 0 amide bonds. The van der Waals surface area contributed by atoms with Crippen molar-refractivity contribution in [3.8, 4) is 0 Å². The normalized spacial score (nSPS) is 12.1. The Hall–Kier alpha value is -1.41. The number of hydrogen-bond acceptors (Lipinski definition) is 2. The molecule has 2 rings (SSSR count). The molecule has 0 aliphatic rings. The minimum atomic E-state index is -0.0731. The summed E-state index contributed by atoms with van der Waals surface area (Å²) in [6, 6.07) is 6.58. The van der Waals surface area contributed by atoms with E-state index < -0.39 is 0 Å². The number of nitrogens with two attached hydrogens (primary N) is 1. The Morgan fingerprint density at radius 3 is 2.33 bits per heavy atom. The maximum atomic E-state index is 5.85. The molecular weight excluding hydrogens is 220 g/mol. The van der Waals surface area contributed by atoms with Gasteiger partial charge in [0, 0.05) is 23.0 Å². The van der Waals surface area contributed by atoms with E-state index in [4.69, 9.17) is 10.7 Å². The SMILES string of the molecule is Cc1cc(C)c2nc(C(C)(C)CN)cc(C)c2c1. The molecule has 18 heavy (non-hydrogen) atoms. The van der Waals surface area contributed by atoms with E-state index in [9.17, 15) is 0 Å². The first-order valence-electron chi connectivity index (χ1n) is 6.44. The number of aryl methyl sites for hydroxylation is 3. The molecule has 1 aromatic carbocycles. The fourth-order valence-corrected chi connectivity index (χ4v) is 2.30. The number of pyridine rings is 1. The average molecular weight is 242 g/mol. The average Bonchev–Trinajstić information content (AvgIpc) is 2.30. The van der Waals surface area contributed by atoms with Gasteiger partial charge in [-0.15, -0.1) is 0 Å².